The first-order valence-electron chi connectivity index (χ1n) is 15.0. The lowest BCUT2D eigenvalue weighted by Gasteiger charge is -2.39. The summed E-state index contributed by atoms with van der Waals surface area (Å²) < 4.78 is 52.6. The molecule has 11 heteroatoms. The average molecular weight is 598 g/mol. The van der Waals surface area contributed by atoms with Gasteiger partial charge in [0.15, 0.2) is 5.69 Å². The van der Waals surface area contributed by atoms with Crippen LogP contribution in [0, 0.1) is 0 Å². The number of benzene rings is 2. The van der Waals surface area contributed by atoms with Crippen LogP contribution in [0.25, 0.3) is 5.69 Å². The van der Waals surface area contributed by atoms with Gasteiger partial charge in [0.1, 0.15) is 0 Å². The molecule has 1 amide bonds. The summed E-state index contributed by atoms with van der Waals surface area (Å²) in [5.74, 6) is -0.288. The van der Waals surface area contributed by atoms with E-state index >= 15 is 0 Å². The highest BCUT2D eigenvalue weighted by atomic mass is 19.4. The number of rotatable bonds is 9. The smallest absolute Gasteiger partial charge is 0.383 e. The fraction of sp³-hybridized carbons (Fsp3) is 0.531. The van der Waals surface area contributed by atoms with Crippen LogP contribution in [-0.4, -0.2) is 40.4 Å². The van der Waals surface area contributed by atoms with Gasteiger partial charge in [-0.2, -0.15) is 13.2 Å². The molecule has 3 aliphatic rings. The first kappa shape index (κ1) is 29.6. The summed E-state index contributed by atoms with van der Waals surface area (Å²) in [6.45, 7) is 6.24. The van der Waals surface area contributed by atoms with Gasteiger partial charge in [0.05, 0.1) is 30.9 Å². The second kappa shape index (κ2) is 10.9. The number of ether oxygens (including phenoxy) is 1. The Morgan fingerprint density at radius 3 is 2.51 bits per heavy atom. The Kier molecular flexibility index (Phi) is 7.53. The number of hydrogen-bond donors (Lipinski definition) is 2. The highest BCUT2D eigenvalue weighted by molar-refractivity contribution is 6.11. The van der Waals surface area contributed by atoms with Crippen LogP contribution in [0.3, 0.4) is 0 Å². The van der Waals surface area contributed by atoms with Crippen LogP contribution in [0.15, 0.2) is 36.9 Å². The predicted octanol–water partition coefficient (Wildman–Crippen LogP) is 5.62. The van der Waals surface area contributed by atoms with Crippen molar-refractivity contribution in [2.75, 3.05) is 17.3 Å². The summed E-state index contributed by atoms with van der Waals surface area (Å²) >= 11 is 0. The molecule has 0 saturated heterocycles. The summed E-state index contributed by atoms with van der Waals surface area (Å²) in [5.41, 5.74) is 2.77. The molecule has 2 fully saturated rings. The molecule has 2 saturated carbocycles. The fourth-order valence-electron chi connectivity index (χ4n) is 6.54. The van der Waals surface area contributed by atoms with Gasteiger partial charge in [-0.3, -0.25) is 9.69 Å². The SMILES string of the molecule is CO[C@H]1C[C@@H](c2cc(NC(C)C)cc(N3Cc4c(cc(CNC5(C)CCC5)cc4C(F)(F)F)C3=O)c2-[n+]2cn(C)cn2)C1. The summed E-state index contributed by atoms with van der Waals surface area (Å²) in [7, 11) is 3.56. The number of amides is 1. The van der Waals surface area contributed by atoms with Gasteiger partial charge in [0, 0.05) is 42.0 Å². The molecule has 0 unspecified atom stereocenters. The molecule has 43 heavy (non-hydrogen) atoms. The summed E-state index contributed by atoms with van der Waals surface area (Å²) in [6, 6.07) is 6.90. The van der Waals surface area contributed by atoms with E-state index in [1.165, 1.54) is 11.0 Å². The second-order valence-corrected chi connectivity index (χ2v) is 12.9. The van der Waals surface area contributed by atoms with Gasteiger partial charge in [0.2, 0.25) is 6.33 Å². The number of fused-ring (bicyclic) bond motifs is 1. The number of aromatic nitrogens is 3. The summed E-state index contributed by atoms with van der Waals surface area (Å²) in [4.78, 5) is 15.6. The third kappa shape index (κ3) is 5.64. The number of hydrogen-bond acceptors (Lipinski definition) is 5. The van der Waals surface area contributed by atoms with Crippen molar-refractivity contribution in [3.05, 3.63) is 64.7 Å². The van der Waals surface area contributed by atoms with Gasteiger partial charge < -0.3 is 15.4 Å². The minimum absolute atomic E-state index is 0.0138. The largest absolute Gasteiger partial charge is 0.416 e. The molecular formula is C32H40F3N6O2+. The van der Waals surface area contributed by atoms with Gasteiger partial charge in [0.25, 0.3) is 12.2 Å². The lowest BCUT2D eigenvalue weighted by molar-refractivity contribution is -0.657. The van der Waals surface area contributed by atoms with E-state index in [1.807, 2.05) is 33.3 Å². The molecule has 2 heterocycles. The molecule has 0 radical (unpaired) electrons. The number of alkyl halides is 3. The predicted molar refractivity (Wildman–Crippen MR) is 157 cm³/mol. The molecule has 6 rings (SSSR count). The molecule has 8 nitrogen and oxygen atoms in total. The Hall–Kier alpha value is -3.44. The van der Waals surface area contributed by atoms with Crippen molar-refractivity contribution in [1.29, 1.82) is 0 Å². The van der Waals surface area contributed by atoms with Crippen LogP contribution in [0.1, 0.15) is 91.4 Å². The number of nitrogens with zero attached hydrogens (tertiary/aromatic N) is 4. The van der Waals surface area contributed by atoms with Crippen molar-refractivity contribution in [1.82, 2.24) is 15.0 Å². The standard InChI is InChI=1S/C32H40F3N6O2/c1-19(2)38-22-13-24(21-11-23(12-21)43-5)29(41-18-39(4)17-37-41)28(14-22)40-16-26-25(30(40)42)9-20(10-27(26)32(33,34)35)15-36-31(3)7-6-8-31/h9-10,13-14,17-19,21,23,36,38H,6-8,11-12,15-16H2,1-5H3/q+1/t21-,23+. The maximum atomic E-state index is 14.5. The van der Waals surface area contributed by atoms with E-state index in [4.69, 9.17) is 4.74 Å². The van der Waals surface area contributed by atoms with E-state index in [0.717, 1.165) is 43.4 Å². The fourth-order valence-corrected chi connectivity index (χ4v) is 6.54. The number of nitrogens with one attached hydrogen (secondary N) is 2. The first-order chi connectivity index (χ1) is 20.3. The van der Waals surface area contributed by atoms with Crippen molar-refractivity contribution in [3.8, 4) is 5.69 Å². The van der Waals surface area contributed by atoms with Crippen LogP contribution in [0.2, 0.25) is 0 Å². The van der Waals surface area contributed by atoms with Crippen LogP contribution >= 0.6 is 0 Å². The Labute approximate surface area is 250 Å². The molecule has 2 aromatic carbocycles. The third-order valence-corrected chi connectivity index (χ3v) is 9.20. The molecule has 0 atom stereocenters. The number of anilines is 2. The van der Waals surface area contributed by atoms with E-state index < -0.39 is 17.6 Å². The van der Waals surface area contributed by atoms with E-state index in [0.29, 0.717) is 16.9 Å². The number of methoxy groups -OCH3 is 1. The highest BCUT2D eigenvalue weighted by Crippen LogP contribution is 2.46. The van der Waals surface area contributed by atoms with E-state index in [2.05, 4.69) is 28.7 Å². The van der Waals surface area contributed by atoms with E-state index in [-0.39, 0.29) is 47.8 Å². The quantitative estimate of drug-likeness (QED) is 0.313. The second-order valence-electron chi connectivity index (χ2n) is 12.9. The maximum Gasteiger partial charge on any atom is 0.416 e. The van der Waals surface area contributed by atoms with Crippen LogP contribution in [0.4, 0.5) is 24.5 Å². The van der Waals surface area contributed by atoms with E-state index in [9.17, 15) is 18.0 Å². The molecule has 1 aromatic heterocycles. The number of aryl methyl sites for hydroxylation is 1. The molecule has 2 aliphatic carbocycles. The van der Waals surface area contributed by atoms with Gasteiger partial charge in [-0.25, -0.2) is 4.57 Å². The van der Waals surface area contributed by atoms with Crippen LogP contribution in [-0.2, 0) is 31.1 Å². The summed E-state index contributed by atoms with van der Waals surface area (Å²) in [6.07, 6.45) is 3.71. The van der Waals surface area contributed by atoms with E-state index in [1.54, 1.807) is 28.8 Å². The molecule has 230 valence electrons. The molecule has 0 spiro atoms. The highest BCUT2D eigenvalue weighted by Gasteiger charge is 2.43. The molecular weight excluding hydrogens is 557 g/mol. The van der Waals surface area contributed by atoms with Crippen molar-refractivity contribution >= 4 is 17.3 Å². The zero-order chi connectivity index (χ0) is 30.7. The number of carbonyl (C=O) groups is 1. The van der Waals surface area contributed by atoms with Crippen molar-refractivity contribution in [2.45, 2.75) is 95.7 Å². The van der Waals surface area contributed by atoms with Crippen molar-refractivity contribution < 1.29 is 27.4 Å². The maximum absolute atomic E-state index is 14.5. The number of carbonyl (C=O) groups excluding carboxylic acids is 1. The van der Waals surface area contributed by atoms with Gasteiger partial charge >= 0.3 is 6.18 Å². The topological polar surface area (TPSA) is 75.3 Å². The summed E-state index contributed by atoms with van der Waals surface area (Å²) in [5, 5.41) is 11.4. The normalized spacial score (nSPS) is 21.1. The van der Waals surface area contributed by atoms with Crippen molar-refractivity contribution in [3.63, 3.8) is 0 Å². The van der Waals surface area contributed by atoms with Gasteiger partial charge in [-0.05, 0) is 99.3 Å². The monoisotopic (exact) mass is 597 g/mol. The zero-order valence-corrected chi connectivity index (χ0v) is 25.4. The van der Waals surface area contributed by atoms with Gasteiger partial charge in [-0.1, -0.05) is 4.68 Å². The molecule has 3 aromatic rings. The Morgan fingerprint density at radius 2 is 1.93 bits per heavy atom. The minimum Gasteiger partial charge on any atom is -0.383 e. The lowest BCUT2D eigenvalue weighted by Crippen LogP contribution is -2.47. The minimum atomic E-state index is -4.59. The average Bonchev–Trinajstić information content (AvgIpc) is 3.47. The zero-order valence-electron chi connectivity index (χ0n) is 25.4. The Balaban J connectivity index is 1.46. The van der Waals surface area contributed by atoms with Crippen LogP contribution < -0.4 is 20.2 Å². The van der Waals surface area contributed by atoms with Crippen molar-refractivity contribution in [2.24, 2.45) is 7.05 Å². The Bertz CT molecular complexity index is 1540. The Morgan fingerprint density at radius 1 is 1.19 bits per heavy atom. The van der Waals surface area contributed by atoms with Crippen LogP contribution in [0.5, 0.6) is 0 Å². The third-order valence-electron chi connectivity index (χ3n) is 9.20. The molecule has 2 N–H and O–H groups in total. The molecule has 1 aliphatic heterocycles. The molecule has 0 bridgehead atoms. The number of halogens is 3. The lowest BCUT2D eigenvalue weighted by atomic mass is 9.76. The van der Waals surface area contributed by atoms with Gasteiger partial charge in [-0.15, -0.1) is 0 Å². The first-order valence-corrected chi connectivity index (χ1v) is 15.0.